The van der Waals surface area contributed by atoms with Crippen molar-refractivity contribution in [3.63, 3.8) is 0 Å². The van der Waals surface area contributed by atoms with Crippen LogP contribution >= 0.6 is 15.9 Å². The number of carbonyl (C=O) groups excluding carboxylic acids is 1. The summed E-state index contributed by atoms with van der Waals surface area (Å²) in [7, 11) is 0. The predicted molar refractivity (Wildman–Crippen MR) is 70.6 cm³/mol. The maximum Gasteiger partial charge on any atom is 0.323 e. The van der Waals surface area contributed by atoms with E-state index >= 15 is 0 Å². The zero-order chi connectivity index (χ0) is 14.9. The van der Waals surface area contributed by atoms with E-state index in [1.165, 1.54) is 18.2 Å². The molecule has 1 aromatic carbocycles. The van der Waals surface area contributed by atoms with E-state index < -0.39 is 17.2 Å². The third kappa shape index (κ3) is 2.97. The van der Waals surface area contributed by atoms with Crippen molar-refractivity contribution in [2.45, 2.75) is 36.4 Å². The van der Waals surface area contributed by atoms with Crippen molar-refractivity contribution >= 4 is 27.5 Å². The summed E-state index contributed by atoms with van der Waals surface area (Å²) in [6.45, 7) is 0. The lowest BCUT2D eigenvalue weighted by Gasteiger charge is -2.22. The molecule has 1 N–H and O–H groups in total. The van der Waals surface area contributed by atoms with Crippen LogP contribution in [0.5, 0.6) is 0 Å². The van der Waals surface area contributed by atoms with Gasteiger partial charge in [0.05, 0.1) is 0 Å². The molecule has 7 heteroatoms. The average molecular weight is 354 g/mol. The molecule has 0 aromatic heterocycles. The molecule has 0 radical (unpaired) electrons. The molecule has 0 saturated carbocycles. The number of hydrogen-bond acceptors (Lipinski definition) is 1. The Kier molecular flexibility index (Phi) is 4.36. The summed E-state index contributed by atoms with van der Waals surface area (Å²) in [5.41, 5.74) is 1.31. The van der Waals surface area contributed by atoms with Crippen molar-refractivity contribution in [2.24, 2.45) is 0 Å². The van der Waals surface area contributed by atoms with E-state index in [9.17, 15) is 22.4 Å². The molecule has 1 aromatic rings. The molecule has 2 nitrogen and oxygen atoms in total. The van der Waals surface area contributed by atoms with Gasteiger partial charge in [0.1, 0.15) is 4.83 Å². The molecule has 0 aliphatic carbocycles. The Morgan fingerprint density at radius 3 is 2.60 bits per heavy atom. The van der Waals surface area contributed by atoms with Crippen molar-refractivity contribution < 1.29 is 22.4 Å². The Balaban J connectivity index is 2.31. The smallest absolute Gasteiger partial charge is 0.323 e. The number of anilines is 1. The fourth-order valence-electron chi connectivity index (χ4n) is 2.08. The maximum atomic E-state index is 13.3. The minimum absolute atomic E-state index is 0.0743. The molecule has 2 rings (SSSR count). The van der Waals surface area contributed by atoms with E-state index in [1.807, 2.05) is 0 Å². The van der Waals surface area contributed by atoms with Gasteiger partial charge in [-0.15, -0.1) is 0 Å². The monoisotopic (exact) mass is 353 g/mol. The molecule has 1 aliphatic heterocycles. The Morgan fingerprint density at radius 2 is 1.95 bits per heavy atom. The number of rotatable bonds is 3. The molecular weight excluding hydrogens is 342 g/mol. The van der Waals surface area contributed by atoms with E-state index in [0.29, 0.717) is 30.5 Å². The highest BCUT2D eigenvalue weighted by Crippen LogP contribution is 2.43. The number of benzene rings is 1. The van der Waals surface area contributed by atoms with Crippen molar-refractivity contribution in [3.8, 4) is 0 Å². The zero-order valence-electron chi connectivity index (χ0n) is 10.3. The fraction of sp³-hybridized carbons (Fsp3) is 0.462. The van der Waals surface area contributed by atoms with Crippen LogP contribution in [0.1, 0.15) is 28.8 Å². The van der Waals surface area contributed by atoms with Crippen LogP contribution in [-0.2, 0) is 11.2 Å². The molecule has 110 valence electrons. The number of halogens is 5. The van der Waals surface area contributed by atoms with Gasteiger partial charge < -0.3 is 5.32 Å². The molecule has 0 spiro atoms. The van der Waals surface area contributed by atoms with Crippen LogP contribution in [0.15, 0.2) is 18.2 Å². The standard InChI is InChI=1S/C13H12BrF4NO/c14-11(13(17,18)12(15)16)8-4-5-9-7(6-8)2-1-3-10(20)19-9/h4-6,11-12H,1-3H2,(H,19,20). The lowest BCUT2D eigenvalue weighted by molar-refractivity contribution is -0.127. The number of nitrogens with one attached hydrogen (secondary N) is 1. The van der Waals surface area contributed by atoms with Crippen molar-refractivity contribution in [3.05, 3.63) is 29.3 Å². The molecule has 0 fully saturated rings. The predicted octanol–water partition coefficient (Wildman–Crippen LogP) is 4.30. The van der Waals surface area contributed by atoms with Gasteiger partial charge in [-0.2, -0.15) is 8.78 Å². The van der Waals surface area contributed by atoms with E-state index in [2.05, 4.69) is 21.2 Å². The van der Waals surface area contributed by atoms with Gasteiger partial charge in [0, 0.05) is 12.1 Å². The van der Waals surface area contributed by atoms with Crippen LogP contribution in [0, 0.1) is 0 Å². The molecule has 0 saturated heterocycles. The Labute approximate surface area is 121 Å². The number of alkyl halides is 5. The first kappa shape index (κ1) is 15.3. The summed E-state index contributed by atoms with van der Waals surface area (Å²) < 4.78 is 51.4. The van der Waals surface area contributed by atoms with Gasteiger partial charge in [-0.1, -0.05) is 28.1 Å². The normalized spacial score (nSPS) is 17.4. The zero-order valence-corrected chi connectivity index (χ0v) is 11.9. The van der Waals surface area contributed by atoms with Gasteiger partial charge in [-0.05, 0) is 30.0 Å². The van der Waals surface area contributed by atoms with E-state index in [1.54, 1.807) is 0 Å². The van der Waals surface area contributed by atoms with Crippen LogP contribution in [0.3, 0.4) is 0 Å². The molecular formula is C13H12BrF4NO. The van der Waals surface area contributed by atoms with Crippen LogP contribution in [0.2, 0.25) is 0 Å². The van der Waals surface area contributed by atoms with Crippen LogP contribution in [0.25, 0.3) is 0 Å². The molecule has 20 heavy (non-hydrogen) atoms. The summed E-state index contributed by atoms with van der Waals surface area (Å²) >= 11 is 2.65. The first-order chi connectivity index (χ1) is 9.32. The van der Waals surface area contributed by atoms with Gasteiger partial charge in [0.2, 0.25) is 5.91 Å². The second kappa shape index (κ2) is 5.71. The summed E-state index contributed by atoms with van der Waals surface area (Å²) in [5.74, 6) is -4.29. The molecule has 1 heterocycles. The molecule has 1 amide bonds. The van der Waals surface area contributed by atoms with Crippen LogP contribution < -0.4 is 5.32 Å². The average Bonchev–Trinajstić information content (AvgIpc) is 2.57. The fourth-order valence-corrected chi connectivity index (χ4v) is 2.57. The third-order valence-electron chi connectivity index (χ3n) is 3.17. The summed E-state index contributed by atoms with van der Waals surface area (Å²) in [4.78, 5) is 9.61. The lowest BCUT2D eigenvalue weighted by Crippen LogP contribution is -2.31. The highest BCUT2D eigenvalue weighted by molar-refractivity contribution is 9.09. The molecule has 1 aliphatic rings. The number of fused-ring (bicyclic) bond motifs is 1. The van der Waals surface area contributed by atoms with E-state index in [-0.39, 0.29) is 11.5 Å². The molecule has 0 bridgehead atoms. The first-order valence-corrected chi connectivity index (χ1v) is 6.96. The van der Waals surface area contributed by atoms with Gasteiger partial charge in [0.25, 0.3) is 0 Å². The largest absolute Gasteiger partial charge is 0.326 e. The molecule has 1 unspecified atom stereocenters. The third-order valence-corrected chi connectivity index (χ3v) is 4.31. The Hall–Kier alpha value is -1.11. The van der Waals surface area contributed by atoms with Gasteiger partial charge in [0.15, 0.2) is 0 Å². The second-order valence-electron chi connectivity index (χ2n) is 4.66. The highest BCUT2D eigenvalue weighted by atomic mass is 79.9. The summed E-state index contributed by atoms with van der Waals surface area (Å²) in [6.07, 6.45) is -2.25. The minimum Gasteiger partial charge on any atom is -0.326 e. The molecule has 1 atom stereocenters. The number of hydrogen-bond donors (Lipinski definition) is 1. The van der Waals surface area contributed by atoms with Gasteiger partial charge in [-0.25, -0.2) is 8.78 Å². The Bertz CT molecular complexity index is 521. The van der Waals surface area contributed by atoms with E-state index in [0.717, 1.165) is 0 Å². The van der Waals surface area contributed by atoms with Crippen LogP contribution in [-0.4, -0.2) is 18.3 Å². The second-order valence-corrected chi connectivity index (χ2v) is 5.57. The first-order valence-electron chi connectivity index (χ1n) is 6.05. The number of amides is 1. The summed E-state index contributed by atoms with van der Waals surface area (Å²) in [5, 5.41) is 2.66. The lowest BCUT2D eigenvalue weighted by atomic mass is 10.0. The van der Waals surface area contributed by atoms with Gasteiger partial charge in [-0.3, -0.25) is 4.79 Å². The SMILES string of the molecule is O=C1CCCc2cc(C(Br)C(F)(F)C(F)F)ccc2N1. The maximum absolute atomic E-state index is 13.3. The minimum atomic E-state index is -4.15. The van der Waals surface area contributed by atoms with Crippen molar-refractivity contribution in [1.82, 2.24) is 0 Å². The van der Waals surface area contributed by atoms with Gasteiger partial charge >= 0.3 is 12.3 Å². The summed E-state index contributed by atoms with van der Waals surface area (Å²) in [6, 6.07) is 4.24. The Morgan fingerprint density at radius 1 is 1.25 bits per heavy atom. The van der Waals surface area contributed by atoms with Crippen molar-refractivity contribution in [1.29, 1.82) is 0 Å². The topological polar surface area (TPSA) is 29.1 Å². The number of aryl methyl sites for hydroxylation is 1. The van der Waals surface area contributed by atoms with E-state index in [4.69, 9.17) is 0 Å². The quantitative estimate of drug-likeness (QED) is 0.637. The number of carbonyl (C=O) groups is 1. The highest BCUT2D eigenvalue weighted by Gasteiger charge is 2.48. The van der Waals surface area contributed by atoms with Crippen molar-refractivity contribution in [2.75, 3.05) is 5.32 Å². The van der Waals surface area contributed by atoms with Crippen LogP contribution in [0.4, 0.5) is 23.2 Å².